The van der Waals surface area contributed by atoms with Crippen molar-refractivity contribution in [3.63, 3.8) is 0 Å². The number of amidine groups is 1. The van der Waals surface area contributed by atoms with E-state index >= 15 is 0 Å². The van der Waals surface area contributed by atoms with E-state index in [9.17, 15) is 4.79 Å². The Morgan fingerprint density at radius 2 is 2.37 bits per heavy atom. The summed E-state index contributed by atoms with van der Waals surface area (Å²) in [6.07, 6.45) is 2.03. The molecule has 0 aromatic heterocycles. The summed E-state index contributed by atoms with van der Waals surface area (Å²) in [6, 6.07) is 0. The zero-order valence-corrected chi connectivity index (χ0v) is 12.1. The van der Waals surface area contributed by atoms with Gasteiger partial charge < -0.3 is 20.1 Å². The molecule has 19 heavy (non-hydrogen) atoms. The minimum atomic E-state index is -0.0696. The van der Waals surface area contributed by atoms with Crippen molar-refractivity contribution in [3.8, 4) is 0 Å². The fourth-order valence-electron chi connectivity index (χ4n) is 2.11. The second-order valence-corrected chi connectivity index (χ2v) is 5.73. The number of rotatable bonds is 5. The molecule has 2 heterocycles. The van der Waals surface area contributed by atoms with Crippen molar-refractivity contribution in [2.45, 2.75) is 18.4 Å². The summed E-state index contributed by atoms with van der Waals surface area (Å²) in [4.78, 5) is 15.8. The number of carbonyl (C=O) groups is 1. The van der Waals surface area contributed by atoms with Crippen molar-refractivity contribution in [3.05, 3.63) is 0 Å². The van der Waals surface area contributed by atoms with Crippen LogP contribution in [0.5, 0.6) is 0 Å². The van der Waals surface area contributed by atoms with E-state index in [1.165, 1.54) is 0 Å². The highest BCUT2D eigenvalue weighted by molar-refractivity contribution is 8.14. The van der Waals surface area contributed by atoms with Crippen LogP contribution in [-0.4, -0.2) is 62.4 Å². The van der Waals surface area contributed by atoms with Gasteiger partial charge in [0.05, 0.1) is 12.1 Å². The smallest absolute Gasteiger partial charge is 0.241 e. The van der Waals surface area contributed by atoms with E-state index < -0.39 is 0 Å². The molecule has 2 rings (SSSR count). The number of amides is 1. The lowest BCUT2D eigenvalue weighted by Crippen LogP contribution is -2.48. The molecule has 2 aliphatic heterocycles. The molecule has 0 aliphatic carbocycles. The van der Waals surface area contributed by atoms with Gasteiger partial charge in [-0.3, -0.25) is 9.79 Å². The molecular weight excluding hydrogens is 266 g/mol. The molecule has 0 saturated carbocycles. The van der Waals surface area contributed by atoms with E-state index in [0.717, 1.165) is 37.0 Å². The second kappa shape index (κ2) is 7.12. The summed E-state index contributed by atoms with van der Waals surface area (Å²) in [6.45, 7) is 2.84. The van der Waals surface area contributed by atoms with Crippen molar-refractivity contribution < 1.29 is 14.3 Å². The predicted octanol–water partition coefficient (Wildman–Crippen LogP) is -0.00940. The van der Waals surface area contributed by atoms with Gasteiger partial charge in [0.1, 0.15) is 6.54 Å². The number of aliphatic imine (C=N–C) groups is 1. The molecule has 0 aromatic carbocycles. The quantitative estimate of drug-likeness (QED) is 0.696. The number of hydrogen-bond acceptors (Lipinski definition) is 5. The second-order valence-electron chi connectivity index (χ2n) is 4.77. The van der Waals surface area contributed by atoms with E-state index in [2.05, 4.69) is 15.6 Å². The Hall–Kier alpha value is -0.790. The average molecular weight is 287 g/mol. The van der Waals surface area contributed by atoms with Crippen LogP contribution in [0.3, 0.4) is 0 Å². The van der Waals surface area contributed by atoms with Crippen LogP contribution in [0.2, 0.25) is 0 Å². The van der Waals surface area contributed by atoms with Gasteiger partial charge in [-0.2, -0.15) is 0 Å². The van der Waals surface area contributed by atoms with E-state index in [0.29, 0.717) is 13.2 Å². The molecule has 7 heteroatoms. The minimum absolute atomic E-state index is 0.0696. The Labute approximate surface area is 117 Å². The van der Waals surface area contributed by atoms with E-state index in [1.54, 1.807) is 18.9 Å². The number of nitrogens with zero attached hydrogens (tertiary/aromatic N) is 1. The summed E-state index contributed by atoms with van der Waals surface area (Å²) in [5.41, 5.74) is 0.133. The summed E-state index contributed by atoms with van der Waals surface area (Å²) >= 11 is 1.70. The normalized spacial score (nSPS) is 23.5. The van der Waals surface area contributed by atoms with Crippen LogP contribution in [0, 0.1) is 0 Å². The molecule has 2 aliphatic rings. The van der Waals surface area contributed by atoms with Crippen LogP contribution < -0.4 is 10.6 Å². The maximum atomic E-state index is 11.5. The Balaban J connectivity index is 1.73. The first-order chi connectivity index (χ1) is 9.24. The maximum absolute atomic E-state index is 11.5. The first-order valence-electron chi connectivity index (χ1n) is 6.53. The summed E-state index contributed by atoms with van der Waals surface area (Å²) in [5.74, 6) is 0.945. The highest BCUT2D eigenvalue weighted by atomic mass is 32.2. The zero-order valence-electron chi connectivity index (χ0n) is 11.2. The lowest BCUT2D eigenvalue weighted by Gasteiger charge is -2.32. The lowest BCUT2D eigenvalue weighted by molar-refractivity contribution is -0.119. The molecule has 2 fully saturated rings. The highest BCUT2D eigenvalue weighted by Gasteiger charge is 2.38. The molecule has 0 aromatic rings. The Bertz CT molecular complexity index is 343. The van der Waals surface area contributed by atoms with Gasteiger partial charge in [0.2, 0.25) is 5.91 Å². The van der Waals surface area contributed by atoms with Crippen molar-refractivity contribution >= 4 is 22.8 Å². The predicted molar refractivity (Wildman–Crippen MR) is 75.6 cm³/mol. The Morgan fingerprint density at radius 3 is 3.11 bits per heavy atom. The highest BCUT2D eigenvalue weighted by Crippen LogP contribution is 2.31. The monoisotopic (exact) mass is 287 g/mol. The van der Waals surface area contributed by atoms with Gasteiger partial charge in [-0.25, -0.2) is 0 Å². The summed E-state index contributed by atoms with van der Waals surface area (Å²) in [7, 11) is 1.61. The van der Waals surface area contributed by atoms with Gasteiger partial charge in [-0.05, 0) is 12.8 Å². The number of ether oxygens (including phenoxy) is 2. The van der Waals surface area contributed by atoms with Gasteiger partial charge in [0.25, 0.3) is 0 Å². The minimum Gasteiger partial charge on any atom is -0.383 e. The van der Waals surface area contributed by atoms with Crippen molar-refractivity contribution in [1.82, 2.24) is 10.6 Å². The van der Waals surface area contributed by atoms with Crippen LogP contribution in [0.1, 0.15) is 12.8 Å². The SMILES string of the molecule is COCCNC(=O)CN=C1NC2(CCOCC2)CS1. The third-order valence-electron chi connectivity index (χ3n) is 3.30. The molecule has 108 valence electrons. The van der Waals surface area contributed by atoms with E-state index in [4.69, 9.17) is 9.47 Å². The number of hydrogen-bond donors (Lipinski definition) is 2. The van der Waals surface area contributed by atoms with Crippen LogP contribution in [0.15, 0.2) is 4.99 Å². The Kier molecular flexibility index (Phi) is 5.47. The molecular formula is C12H21N3O3S. The molecule has 1 amide bonds. The summed E-state index contributed by atoms with van der Waals surface area (Å²) < 4.78 is 10.2. The molecule has 0 bridgehead atoms. The molecule has 6 nitrogen and oxygen atoms in total. The number of thioether (sulfide) groups is 1. The zero-order chi connectivity index (χ0) is 13.6. The van der Waals surface area contributed by atoms with E-state index in [-0.39, 0.29) is 18.0 Å². The summed E-state index contributed by atoms with van der Waals surface area (Å²) in [5, 5.41) is 7.09. The number of methoxy groups -OCH3 is 1. The number of carbonyl (C=O) groups excluding carboxylic acids is 1. The van der Waals surface area contributed by atoms with Gasteiger partial charge in [0.15, 0.2) is 5.17 Å². The third kappa shape index (κ3) is 4.36. The van der Waals surface area contributed by atoms with Crippen LogP contribution in [0.4, 0.5) is 0 Å². The van der Waals surface area contributed by atoms with Crippen LogP contribution >= 0.6 is 11.8 Å². The van der Waals surface area contributed by atoms with Gasteiger partial charge in [-0.15, -0.1) is 0 Å². The number of nitrogens with one attached hydrogen (secondary N) is 2. The van der Waals surface area contributed by atoms with Crippen molar-refractivity contribution in [1.29, 1.82) is 0 Å². The standard InChI is InChI=1S/C12H21N3O3S/c1-17-7-4-13-10(16)8-14-11-15-12(9-19-11)2-5-18-6-3-12/h2-9H2,1H3,(H,13,16)(H,14,15). The van der Waals surface area contributed by atoms with Gasteiger partial charge in [0, 0.05) is 32.6 Å². The lowest BCUT2D eigenvalue weighted by atomic mass is 9.93. The molecule has 2 N–H and O–H groups in total. The molecule has 2 saturated heterocycles. The molecule has 1 spiro atoms. The topological polar surface area (TPSA) is 72.0 Å². The molecule has 0 unspecified atom stereocenters. The van der Waals surface area contributed by atoms with Crippen molar-refractivity contribution in [2.75, 3.05) is 45.8 Å². The van der Waals surface area contributed by atoms with Crippen LogP contribution in [0.25, 0.3) is 0 Å². The first kappa shape index (κ1) is 14.6. The van der Waals surface area contributed by atoms with Gasteiger partial charge in [-0.1, -0.05) is 11.8 Å². The fraction of sp³-hybridized carbons (Fsp3) is 0.833. The molecule has 0 radical (unpaired) electrons. The van der Waals surface area contributed by atoms with E-state index in [1.807, 2.05) is 0 Å². The Morgan fingerprint density at radius 1 is 1.58 bits per heavy atom. The largest absolute Gasteiger partial charge is 0.383 e. The molecule has 0 atom stereocenters. The third-order valence-corrected chi connectivity index (χ3v) is 4.50. The average Bonchev–Trinajstić information content (AvgIpc) is 2.81. The van der Waals surface area contributed by atoms with Gasteiger partial charge >= 0.3 is 0 Å². The fourth-order valence-corrected chi connectivity index (χ4v) is 3.33. The maximum Gasteiger partial charge on any atom is 0.241 e. The van der Waals surface area contributed by atoms with Crippen LogP contribution in [-0.2, 0) is 14.3 Å². The van der Waals surface area contributed by atoms with Crippen molar-refractivity contribution in [2.24, 2.45) is 4.99 Å². The first-order valence-corrected chi connectivity index (χ1v) is 7.51.